The van der Waals surface area contributed by atoms with Crippen molar-refractivity contribution in [2.45, 2.75) is 47.0 Å². The molecule has 0 aliphatic carbocycles. The van der Waals surface area contributed by atoms with Crippen molar-refractivity contribution in [3.63, 3.8) is 0 Å². The molecule has 1 N–H and O–H groups in total. The number of likely N-dealkylation sites (N-methyl/N-ethyl adjacent to an activating group) is 1. The van der Waals surface area contributed by atoms with Crippen molar-refractivity contribution in [3.05, 3.63) is 40.0 Å². The van der Waals surface area contributed by atoms with Crippen LogP contribution in [-0.2, 0) is 15.0 Å². The number of aromatic nitrogens is 2. The Morgan fingerprint density at radius 3 is 2.26 bits per heavy atom. The molecule has 0 saturated carbocycles. The standard InChI is InChI=1S/C22H29Cl3N4O2/c1-7-28(20(31)22(5,6)13-23)12-19(30)26-18-11-17(21(2,3)4)27-29(18)14-8-9-15(24)16(25)10-14/h8-11H,7,12-13H2,1-6H3,(H,26,30). The van der Waals surface area contributed by atoms with Gasteiger partial charge in [0, 0.05) is 23.9 Å². The average molecular weight is 488 g/mol. The third-order valence-electron chi connectivity index (χ3n) is 4.81. The van der Waals surface area contributed by atoms with Crippen molar-refractivity contribution in [1.82, 2.24) is 14.7 Å². The van der Waals surface area contributed by atoms with Crippen LogP contribution in [0.2, 0.25) is 10.0 Å². The minimum Gasteiger partial charge on any atom is -0.333 e. The molecular weight excluding hydrogens is 459 g/mol. The molecule has 0 saturated heterocycles. The molecule has 0 unspecified atom stereocenters. The van der Waals surface area contributed by atoms with E-state index in [0.717, 1.165) is 5.69 Å². The third-order valence-corrected chi connectivity index (χ3v) is 6.22. The van der Waals surface area contributed by atoms with Gasteiger partial charge in [0.15, 0.2) is 0 Å². The highest BCUT2D eigenvalue weighted by atomic mass is 35.5. The van der Waals surface area contributed by atoms with Gasteiger partial charge in [0.2, 0.25) is 11.8 Å². The number of benzene rings is 1. The van der Waals surface area contributed by atoms with Gasteiger partial charge >= 0.3 is 0 Å². The predicted molar refractivity (Wildman–Crippen MR) is 128 cm³/mol. The first-order chi connectivity index (χ1) is 14.3. The summed E-state index contributed by atoms with van der Waals surface area (Å²) in [6.45, 7) is 11.8. The lowest BCUT2D eigenvalue weighted by Gasteiger charge is -2.29. The van der Waals surface area contributed by atoms with E-state index < -0.39 is 5.41 Å². The second kappa shape index (κ2) is 9.80. The number of nitrogens with zero attached hydrogens (tertiary/aromatic N) is 3. The highest BCUT2D eigenvalue weighted by Gasteiger charge is 2.31. The van der Waals surface area contributed by atoms with E-state index in [-0.39, 0.29) is 29.7 Å². The zero-order valence-electron chi connectivity index (χ0n) is 18.7. The van der Waals surface area contributed by atoms with Crippen molar-refractivity contribution >= 4 is 52.4 Å². The van der Waals surface area contributed by atoms with E-state index in [1.54, 1.807) is 36.7 Å². The Hall–Kier alpha value is -1.76. The molecular formula is C22H29Cl3N4O2. The molecule has 0 radical (unpaired) electrons. The number of nitrogens with one attached hydrogen (secondary N) is 1. The molecule has 2 rings (SSSR count). The number of hydrogen-bond donors (Lipinski definition) is 1. The number of anilines is 1. The van der Waals surface area contributed by atoms with Crippen LogP contribution in [0, 0.1) is 5.41 Å². The number of amides is 2. The van der Waals surface area contributed by atoms with Crippen molar-refractivity contribution in [1.29, 1.82) is 0 Å². The predicted octanol–water partition coefficient (Wildman–Crippen LogP) is 5.53. The van der Waals surface area contributed by atoms with Crippen LogP contribution in [0.5, 0.6) is 0 Å². The second-order valence-corrected chi connectivity index (χ2v) is 10.1. The molecule has 0 atom stereocenters. The summed E-state index contributed by atoms with van der Waals surface area (Å²) in [5, 5.41) is 8.36. The normalized spacial score (nSPS) is 12.0. The summed E-state index contributed by atoms with van der Waals surface area (Å²) < 4.78 is 1.61. The second-order valence-electron chi connectivity index (χ2n) is 9.06. The van der Waals surface area contributed by atoms with Crippen LogP contribution < -0.4 is 5.32 Å². The van der Waals surface area contributed by atoms with E-state index in [4.69, 9.17) is 34.8 Å². The molecule has 9 heteroatoms. The zero-order valence-corrected chi connectivity index (χ0v) is 21.0. The fourth-order valence-corrected chi connectivity index (χ4v) is 3.23. The minimum absolute atomic E-state index is 0.0902. The van der Waals surface area contributed by atoms with Gasteiger partial charge in [0.1, 0.15) is 5.82 Å². The van der Waals surface area contributed by atoms with E-state index in [1.807, 2.05) is 33.8 Å². The first-order valence-electron chi connectivity index (χ1n) is 10.0. The summed E-state index contributed by atoms with van der Waals surface area (Å²) in [4.78, 5) is 27.1. The van der Waals surface area contributed by atoms with Crippen LogP contribution in [0.15, 0.2) is 24.3 Å². The number of carbonyl (C=O) groups is 2. The number of hydrogen-bond acceptors (Lipinski definition) is 3. The van der Waals surface area contributed by atoms with Crippen molar-refractivity contribution in [3.8, 4) is 5.69 Å². The van der Waals surface area contributed by atoms with Gasteiger partial charge in [-0.25, -0.2) is 4.68 Å². The molecule has 31 heavy (non-hydrogen) atoms. The molecule has 170 valence electrons. The van der Waals surface area contributed by atoms with E-state index >= 15 is 0 Å². The highest BCUT2D eigenvalue weighted by molar-refractivity contribution is 6.42. The molecule has 0 fully saturated rings. The van der Waals surface area contributed by atoms with Crippen LogP contribution >= 0.6 is 34.8 Å². The van der Waals surface area contributed by atoms with Gasteiger partial charge in [-0.15, -0.1) is 11.6 Å². The summed E-state index contributed by atoms with van der Waals surface area (Å²) in [5.41, 5.74) is 0.461. The zero-order chi connectivity index (χ0) is 23.6. The van der Waals surface area contributed by atoms with Crippen LogP contribution in [0.3, 0.4) is 0 Å². The Morgan fingerprint density at radius 2 is 1.74 bits per heavy atom. The molecule has 0 spiro atoms. The van der Waals surface area contributed by atoms with Gasteiger partial charge in [0.25, 0.3) is 0 Å². The van der Waals surface area contributed by atoms with Gasteiger partial charge in [-0.2, -0.15) is 5.10 Å². The molecule has 2 aromatic rings. The Bertz CT molecular complexity index is 964. The minimum atomic E-state index is -0.751. The van der Waals surface area contributed by atoms with Gasteiger partial charge in [-0.05, 0) is 39.0 Å². The van der Waals surface area contributed by atoms with E-state index in [0.29, 0.717) is 28.1 Å². The average Bonchev–Trinajstić information content (AvgIpc) is 3.11. The Labute approximate surface area is 198 Å². The first kappa shape index (κ1) is 25.5. The summed E-state index contributed by atoms with van der Waals surface area (Å²) in [5.74, 6) is 0.146. The Balaban J connectivity index is 2.34. The van der Waals surface area contributed by atoms with Gasteiger partial charge in [0.05, 0.1) is 33.4 Å². The molecule has 0 bridgehead atoms. The lowest BCUT2D eigenvalue weighted by Crippen LogP contribution is -2.45. The fraction of sp³-hybridized carbons (Fsp3) is 0.500. The van der Waals surface area contributed by atoms with Crippen molar-refractivity contribution < 1.29 is 9.59 Å². The lowest BCUT2D eigenvalue weighted by atomic mass is 9.92. The van der Waals surface area contributed by atoms with Gasteiger partial charge in [-0.3, -0.25) is 9.59 Å². The number of rotatable bonds is 7. The monoisotopic (exact) mass is 486 g/mol. The summed E-state index contributed by atoms with van der Waals surface area (Å²) in [6.07, 6.45) is 0. The SMILES string of the molecule is CCN(CC(=O)Nc1cc(C(C)(C)C)nn1-c1ccc(Cl)c(Cl)c1)C(=O)C(C)(C)CCl. The maximum atomic E-state index is 12.8. The van der Waals surface area contributed by atoms with Crippen molar-refractivity contribution in [2.24, 2.45) is 5.41 Å². The van der Waals surface area contributed by atoms with Gasteiger partial charge in [-0.1, -0.05) is 44.0 Å². The summed E-state index contributed by atoms with van der Waals surface area (Å²) >= 11 is 18.2. The van der Waals surface area contributed by atoms with Crippen molar-refractivity contribution in [2.75, 3.05) is 24.3 Å². The molecule has 1 heterocycles. The first-order valence-corrected chi connectivity index (χ1v) is 11.3. The molecule has 0 aliphatic rings. The molecule has 2 amide bonds. The van der Waals surface area contributed by atoms with E-state index in [1.165, 1.54) is 4.90 Å². The maximum absolute atomic E-state index is 12.8. The topological polar surface area (TPSA) is 67.2 Å². The number of carbonyl (C=O) groups excluding carboxylic acids is 2. The number of halogens is 3. The van der Waals surface area contributed by atoms with Crippen LogP contribution in [-0.4, -0.2) is 45.5 Å². The molecule has 1 aromatic carbocycles. The largest absolute Gasteiger partial charge is 0.333 e. The molecule has 6 nitrogen and oxygen atoms in total. The molecule has 1 aromatic heterocycles. The maximum Gasteiger partial charge on any atom is 0.245 e. The highest BCUT2D eigenvalue weighted by Crippen LogP contribution is 2.29. The smallest absolute Gasteiger partial charge is 0.245 e. The Kier molecular flexibility index (Phi) is 8.06. The summed E-state index contributed by atoms with van der Waals surface area (Å²) in [7, 11) is 0. The number of alkyl halides is 1. The Morgan fingerprint density at radius 1 is 1.10 bits per heavy atom. The van der Waals surface area contributed by atoms with Gasteiger partial charge < -0.3 is 10.2 Å². The third kappa shape index (κ3) is 6.15. The van der Waals surface area contributed by atoms with Crippen LogP contribution in [0.25, 0.3) is 5.69 Å². The lowest BCUT2D eigenvalue weighted by molar-refractivity contribution is -0.141. The molecule has 0 aliphatic heterocycles. The van der Waals surface area contributed by atoms with E-state index in [2.05, 4.69) is 10.4 Å². The fourth-order valence-electron chi connectivity index (χ4n) is 2.82. The quantitative estimate of drug-likeness (QED) is 0.522. The van der Waals surface area contributed by atoms with Crippen LogP contribution in [0.4, 0.5) is 5.82 Å². The van der Waals surface area contributed by atoms with E-state index in [9.17, 15) is 9.59 Å². The van der Waals surface area contributed by atoms with Crippen LogP contribution in [0.1, 0.15) is 47.2 Å². The summed E-state index contributed by atoms with van der Waals surface area (Å²) in [6, 6.07) is 6.95.